The molecule has 1 rings (SSSR count). The maximum atomic E-state index is 11.2. The van der Waals surface area contributed by atoms with Crippen molar-refractivity contribution in [2.45, 2.75) is 12.5 Å². The number of aromatic amines is 1. The molecule has 1 aromatic heterocycles. The number of carbonyl (C=O) groups is 1. The molecule has 0 fully saturated rings. The van der Waals surface area contributed by atoms with Crippen LogP contribution in [-0.4, -0.2) is 36.1 Å². The monoisotopic (exact) mass is 255 g/mol. The topological polar surface area (TPSA) is 67.0 Å². The lowest BCUT2D eigenvalue weighted by Crippen LogP contribution is -2.36. The molecule has 88 valence electrons. The summed E-state index contributed by atoms with van der Waals surface area (Å²) in [6.07, 6.45) is 3.83. The molecular weight excluding hydrogens is 241 g/mol. The van der Waals surface area contributed by atoms with Gasteiger partial charge in [-0.3, -0.25) is 4.79 Å². The molecule has 0 radical (unpaired) electrons. The van der Waals surface area contributed by atoms with Crippen LogP contribution in [0.2, 0.25) is 0 Å². The summed E-state index contributed by atoms with van der Waals surface area (Å²) in [5.74, 6) is -0.267. The normalized spacial score (nSPS) is 10.8. The van der Waals surface area contributed by atoms with Gasteiger partial charge in [-0.1, -0.05) is 0 Å². The van der Waals surface area contributed by atoms with E-state index in [9.17, 15) is 4.79 Å². The van der Waals surface area contributed by atoms with E-state index in [0.717, 1.165) is 5.69 Å². The van der Waals surface area contributed by atoms with Gasteiger partial charge in [0.1, 0.15) is 6.04 Å². The van der Waals surface area contributed by atoms with Gasteiger partial charge in [-0.15, -0.1) is 24.8 Å². The number of likely N-dealkylation sites (N-methyl/N-ethyl adjacent to an activating group) is 1. The van der Waals surface area contributed by atoms with Crippen LogP contribution in [-0.2, 0) is 16.0 Å². The van der Waals surface area contributed by atoms with Gasteiger partial charge < -0.3 is 15.0 Å². The maximum Gasteiger partial charge on any atom is 0.323 e. The molecule has 0 aliphatic heterocycles. The maximum absolute atomic E-state index is 11.2. The number of hydrogen-bond acceptors (Lipinski definition) is 4. The van der Waals surface area contributed by atoms with E-state index in [1.165, 1.54) is 7.11 Å². The van der Waals surface area contributed by atoms with Crippen molar-refractivity contribution in [3.63, 3.8) is 0 Å². The summed E-state index contributed by atoms with van der Waals surface area (Å²) in [4.78, 5) is 17.9. The van der Waals surface area contributed by atoms with Gasteiger partial charge in [-0.05, 0) is 7.05 Å². The zero-order valence-corrected chi connectivity index (χ0v) is 10.2. The summed E-state index contributed by atoms with van der Waals surface area (Å²) in [6.45, 7) is 0. The van der Waals surface area contributed by atoms with Gasteiger partial charge in [0.15, 0.2) is 0 Å². The minimum absolute atomic E-state index is 0. The van der Waals surface area contributed by atoms with Crippen molar-refractivity contribution >= 4 is 30.8 Å². The predicted octanol–water partition coefficient (Wildman–Crippen LogP) is 0.557. The van der Waals surface area contributed by atoms with Crippen molar-refractivity contribution in [1.82, 2.24) is 15.3 Å². The number of aromatic nitrogens is 2. The Hall–Kier alpha value is -0.780. The number of ether oxygens (including phenoxy) is 1. The average Bonchev–Trinajstić information content (AvgIpc) is 2.65. The molecule has 1 atom stereocenters. The summed E-state index contributed by atoms with van der Waals surface area (Å²) in [6, 6.07) is -0.314. The quantitative estimate of drug-likeness (QED) is 0.772. The highest BCUT2D eigenvalue weighted by Crippen LogP contribution is 1.99. The Morgan fingerprint density at radius 2 is 2.33 bits per heavy atom. The first-order valence-electron chi connectivity index (χ1n) is 4.00. The Morgan fingerprint density at radius 3 is 2.73 bits per heavy atom. The zero-order valence-electron chi connectivity index (χ0n) is 8.52. The highest BCUT2D eigenvalue weighted by Gasteiger charge is 2.17. The average molecular weight is 256 g/mol. The predicted molar refractivity (Wildman–Crippen MR) is 61.7 cm³/mol. The van der Waals surface area contributed by atoms with Crippen LogP contribution >= 0.6 is 24.8 Å². The van der Waals surface area contributed by atoms with Crippen LogP contribution in [0.25, 0.3) is 0 Å². The molecule has 7 heteroatoms. The third-order valence-corrected chi connectivity index (χ3v) is 1.81. The molecule has 1 heterocycles. The fraction of sp³-hybridized carbons (Fsp3) is 0.500. The van der Waals surface area contributed by atoms with E-state index in [0.29, 0.717) is 6.42 Å². The van der Waals surface area contributed by atoms with Crippen molar-refractivity contribution in [2.75, 3.05) is 14.2 Å². The van der Waals surface area contributed by atoms with E-state index in [-0.39, 0.29) is 36.8 Å². The molecule has 0 unspecified atom stereocenters. The molecular formula is C8H15Cl2N3O2. The van der Waals surface area contributed by atoms with Crippen LogP contribution in [0.15, 0.2) is 12.5 Å². The third-order valence-electron chi connectivity index (χ3n) is 1.81. The largest absolute Gasteiger partial charge is 0.468 e. The van der Waals surface area contributed by atoms with E-state index in [1.54, 1.807) is 19.6 Å². The Balaban J connectivity index is 0. The summed E-state index contributed by atoms with van der Waals surface area (Å²) in [5, 5.41) is 2.87. The third kappa shape index (κ3) is 5.01. The van der Waals surface area contributed by atoms with Gasteiger partial charge in [0, 0.05) is 18.3 Å². The van der Waals surface area contributed by atoms with E-state index in [1.807, 2.05) is 0 Å². The lowest BCUT2D eigenvalue weighted by molar-refractivity contribution is -0.142. The van der Waals surface area contributed by atoms with Crippen LogP contribution in [0.3, 0.4) is 0 Å². The van der Waals surface area contributed by atoms with E-state index >= 15 is 0 Å². The number of rotatable bonds is 4. The van der Waals surface area contributed by atoms with Gasteiger partial charge >= 0.3 is 5.97 Å². The molecule has 5 nitrogen and oxygen atoms in total. The van der Waals surface area contributed by atoms with Crippen molar-refractivity contribution in [3.8, 4) is 0 Å². The first-order chi connectivity index (χ1) is 6.27. The standard InChI is InChI=1S/C8H13N3O2.2ClH/c1-9-7(8(12)13-2)3-6-4-10-5-11-6;;/h4-5,7,9H,3H2,1-2H3,(H,10,11);2*1H/t7-;;/m0../s1. The fourth-order valence-corrected chi connectivity index (χ4v) is 1.06. The first-order valence-corrected chi connectivity index (χ1v) is 4.00. The first kappa shape index (κ1) is 16.6. The van der Waals surface area contributed by atoms with E-state index < -0.39 is 0 Å². The molecule has 0 aromatic carbocycles. The van der Waals surface area contributed by atoms with E-state index in [2.05, 4.69) is 20.0 Å². The Bertz CT molecular complexity index is 267. The van der Waals surface area contributed by atoms with Crippen molar-refractivity contribution in [3.05, 3.63) is 18.2 Å². The molecule has 0 amide bonds. The number of halogens is 2. The van der Waals surface area contributed by atoms with Crippen molar-refractivity contribution < 1.29 is 9.53 Å². The molecule has 2 N–H and O–H groups in total. The van der Waals surface area contributed by atoms with Crippen LogP contribution in [0.5, 0.6) is 0 Å². The number of H-pyrrole nitrogens is 1. The second kappa shape index (κ2) is 8.52. The summed E-state index contributed by atoms with van der Waals surface area (Å²) in [5.41, 5.74) is 0.907. The smallest absolute Gasteiger partial charge is 0.323 e. The second-order valence-corrected chi connectivity index (χ2v) is 2.65. The molecule has 15 heavy (non-hydrogen) atoms. The van der Waals surface area contributed by atoms with Crippen LogP contribution in [0, 0.1) is 0 Å². The number of methoxy groups -OCH3 is 1. The van der Waals surface area contributed by atoms with Crippen LogP contribution in [0.1, 0.15) is 5.69 Å². The number of nitrogens with zero attached hydrogens (tertiary/aromatic N) is 1. The lowest BCUT2D eigenvalue weighted by Gasteiger charge is -2.11. The molecule has 1 aromatic rings. The number of imidazole rings is 1. The van der Waals surface area contributed by atoms with Gasteiger partial charge in [0.05, 0.1) is 13.4 Å². The lowest BCUT2D eigenvalue weighted by atomic mass is 10.2. The summed E-state index contributed by atoms with van der Waals surface area (Å²) >= 11 is 0. The van der Waals surface area contributed by atoms with Crippen LogP contribution in [0.4, 0.5) is 0 Å². The molecule has 0 bridgehead atoms. The Kier molecular flexibility index (Phi) is 9.46. The summed E-state index contributed by atoms with van der Waals surface area (Å²) in [7, 11) is 3.09. The number of hydrogen-bond donors (Lipinski definition) is 2. The molecule has 0 saturated heterocycles. The summed E-state index contributed by atoms with van der Waals surface area (Å²) < 4.78 is 4.62. The van der Waals surface area contributed by atoms with Gasteiger partial charge in [-0.2, -0.15) is 0 Å². The Morgan fingerprint density at radius 1 is 1.67 bits per heavy atom. The van der Waals surface area contributed by atoms with Gasteiger partial charge in [0.2, 0.25) is 0 Å². The van der Waals surface area contributed by atoms with Crippen molar-refractivity contribution in [2.24, 2.45) is 0 Å². The molecule has 0 spiro atoms. The van der Waals surface area contributed by atoms with Crippen molar-refractivity contribution in [1.29, 1.82) is 0 Å². The molecule has 0 aliphatic carbocycles. The number of carbonyl (C=O) groups excluding carboxylic acids is 1. The highest BCUT2D eigenvalue weighted by molar-refractivity contribution is 5.85. The second-order valence-electron chi connectivity index (χ2n) is 2.65. The van der Waals surface area contributed by atoms with Gasteiger partial charge in [-0.25, -0.2) is 4.98 Å². The Labute approximate surface area is 101 Å². The van der Waals surface area contributed by atoms with Crippen LogP contribution < -0.4 is 5.32 Å². The SMILES string of the molecule is CN[C@@H](Cc1cnc[nH]1)C(=O)OC.Cl.Cl. The number of esters is 1. The van der Waals surface area contributed by atoms with E-state index in [4.69, 9.17) is 0 Å². The minimum Gasteiger partial charge on any atom is -0.468 e. The fourth-order valence-electron chi connectivity index (χ4n) is 1.06. The zero-order chi connectivity index (χ0) is 9.68. The highest BCUT2D eigenvalue weighted by atomic mass is 35.5. The molecule has 0 saturated carbocycles. The molecule has 0 aliphatic rings. The minimum atomic E-state index is -0.314. The van der Waals surface area contributed by atoms with Gasteiger partial charge in [0.25, 0.3) is 0 Å². The number of nitrogens with one attached hydrogen (secondary N) is 2.